The van der Waals surface area contributed by atoms with Gasteiger partial charge in [0.15, 0.2) is 0 Å². The maximum atomic E-state index is 12.0. The number of hydrogen-bond donors (Lipinski definition) is 1. The highest BCUT2D eigenvalue weighted by atomic mass is 32.1. The standard InChI is InChI=1S/C16H18N2O3S/c1-2-21-14(19)9-6-10-17-15(20)13-11-22-16(18-13)12-7-4-3-5-8-12/h3-5,7-8,11H,2,6,9-10H2,1H3,(H,17,20). The van der Waals surface area contributed by atoms with E-state index in [1.807, 2.05) is 30.3 Å². The molecule has 0 saturated heterocycles. The molecule has 1 aromatic heterocycles. The van der Waals surface area contributed by atoms with Crippen molar-refractivity contribution in [1.82, 2.24) is 10.3 Å². The molecule has 0 atom stereocenters. The molecule has 22 heavy (non-hydrogen) atoms. The number of nitrogens with one attached hydrogen (secondary N) is 1. The summed E-state index contributed by atoms with van der Waals surface area (Å²) in [6.07, 6.45) is 0.862. The number of esters is 1. The van der Waals surface area contributed by atoms with E-state index in [-0.39, 0.29) is 11.9 Å². The minimum absolute atomic E-state index is 0.220. The summed E-state index contributed by atoms with van der Waals surface area (Å²) < 4.78 is 4.82. The van der Waals surface area contributed by atoms with E-state index < -0.39 is 0 Å². The van der Waals surface area contributed by atoms with E-state index in [4.69, 9.17) is 4.74 Å². The Morgan fingerprint density at radius 1 is 1.27 bits per heavy atom. The first-order chi connectivity index (χ1) is 10.7. The molecule has 0 aliphatic carbocycles. The molecule has 116 valence electrons. The van der Waals surface area contributed by atoms with E-state index >= 15 is 0 Å². The van der Waals surface area contributed by atoms with Gasteiger partial charge in [0.25, 0.3) is 5.91 Å². The van der Waals surface area contributed by atoms with Crippen LogP contribution in [-0.4, -0.2) is 30.0 Å². The maximum absolute atomic E-state index is 12.0. The SMILES string of the molecule is CCOC(=O)CCCNC(=O)c1csc(-c2ccccc2)n1. The predicted octanol–water partition coefficient (Wildman–Crippen LogP) is 2.88. The van der Waals surface area contributed by atoms with Gasteiger partial charge in [-0.05, 0) is 13.3 Å². The monoisotopic (exact) mass is 318 g/mol. The Morgan fingerprint density at radius 3 is 2.77 bits per heavy atom. The van der Waals surface area contributed by atoms with Gasteiger partial charge in [-0.1, -0.05) is 30.3 Å². The van der Waals surface area contributed by atoms with Crippen LogP contribution in [0.4, 0.5) is 0 Å². The normalized spacial score (nSPS) is 10.2. The summed E-state index contributed by atoms with van der Waals surface area (Å²) in [7, 11) is 0. The van der Waals surface area contributed by atoms with Crippen LogP contribution in [0, 0.1) is 0 Å². The minimum atomic E-state index is -0.239. The average Bonchev–Trinajstić information content (AvgIpc) is 3.02. The highest BCUT2D eigenvalue weighted by Crippen LogP contribution is 2.23. The first kappa shape index (κ1) is 16.2. The summed E-state index contributed by atoms with van der Waals surface area (Å²) in [5.41, 5.74) is 1.40. The van der Waals surface area contributed by atoms with Crippen LogP contribution in [0.2, 0.25) is 0 Å². The second-order valence-electron chi connectivity index (χ2n) is 4.57. The summed E-state index contributed by atoms with van der Waals surface area (Å²) in [6.45, 7) is 2.58. The summed E-state index contributed by atoms with van der Waals surface area (Å²) in [6, 6.07) is 9.73. The molecule has 6 heteroatoms. The van der Waals surface area contributed by atoms with Crippen LogP contribution in [0.25, 0.3) is 10.6 Å². The molecule has 0 aliphatic rings. The second-order valence-corrected chi connectivity index (χ2v) is 5.43. The Hall–Kier alpha value is -2.21. The number of aromatic nitrogens is 1. The average molecular weight is 318 g/mol. The lowest BCUT2D eigenvalue weighted by Gasteiger charge is -2.03. The van der Waals surface area contributed by atoms with Gasteiger partial charge in [0.2, 0.25) is 0 Å². The summed E-state index contributed by atoms with van der Waals surface area (Å²) >= 11 is 1.44. The van der Waals surface area contributed by atoms with Crippen LogP contribution in [0.5, 0.6) is 0 Å². The van der Waals surface area contributed by atoms with Crippen molar-refractivity contribution in [2.24, 2.45) is 0 Å². The zero-order valence-electron chi connectivity index (χ0n) is 12.4. The third kappa shape index (κ3) is 4.66. The first-order valence-electron chi connectivity index (χ1n) is 7.15. The van der Waals surface area contributed by atoms with Crippen LogP contribution in [0.1, 0.15) is 30.3 Å². The molecule has 5 nitrogen and oxygen atoms in total. The molecule has 2 aromatic rings. The van der Waals surface area contributed by atoms with E-state index in [0.717, 1.165) is 10.6 Å². The fourth-order valence-corrected chi connectivity index (χ4v) is 2.66. The number of ether oxygens (including phenoxy) is 1. The molecule has 0 bridgehead atoms. The number of amides is 1. The molecule has 0 spiro atoms. The third-order valence-electron chi connectivity index (χ3n) is 2.91. The molecule has 2 rings (SSSR count). The topological polar surface area (TPSA) is 68.3 Å². The molecule has 0 unspecified atom stereocenters. The lowest BCUT2D eigenvalue weighted by atomic mass is 10.2. The highest BCUT2D eigenvalue weighted by Gasteiger charge is 2.11. The van der Waals surface area contributed by atoms with Crippen molar-refractivity contribution in [3.8, 4) is 10.6 Å². The molecule has 1 heterocycles. The lowest BCUT2D eigenvalue weighted by molar-refractivity contribution is -0.143. The van der Waals surface area contributed by atoms with Crippen LogP contribution in [0.15, 0.2) is 35.7 Å². The number of rotatable bonds is 7. The third-order valence-corrected chi connectivity index (χ3v) is 3.80. The number of thiazole rings is 1. The van der Waals surface area contributed by atoms with Crippen LogP contribution < -0.4 is 5.32 Å². The fraction of sp³-hybridized carbons (Fsp3) is 0.312. The van der Waals surface area contributed by atoms with Crippen LogP contribution in [0.3, 0.4) is 0 Å². The second kappa shape index (κ2) is 8.29. The Bertz CT molecular complexity index is 625. The van der Waals surface area contributed by atoms with E-state index in [1.54, 1.807) is 12.3 Å². The van der Waals surface area contributed by atoms with Gasteiger partial charge >= 0.3 is 5.97 Å². The lowest BCUT2D eigenvalue weighted by Crippen LogP contribution is -2.25. The van der Waals surface area contributed by atoms with E-state index in [2.05, 4.69) is 10.3 Å². The Kier molecular flexibility index (Phi) is 6.09. The van der Waals surface area contributed by atoms with Gasteiger partial charge in [-0.15, -0.1) is 11.3 Å². The molecule has 1 amide bonds. The van der Waals surface area contributed by atoms with Crippen molar-refractivity contribution in [3.05, 3.63) is 41.4 Å². The Balaban J connectivity index is 1.81. The van der Waals surface area contributed by atoms with Gasteiger partial charge < -0.3 is 10.1 Å². The van der Waals surface area contributed by atoms with Crippen molar-refractivity contribution < 1.29 is 14.3 Å². The molecule has 0 aliphatic heterocycles. The van der Waals surface area contributed by atoms with Crippen molar-refractivity contribution in [2.75, 3.05) is 13.2 Å². The quantitative estimate of drug-likeness (QED) is 0.629. The molecule has 0 saturated carbocycles. The zero-order chi connectivity index (χ0) is 15.8. The summed E-state index contributed by atoms with van der Waals surface area (Å²) in [5, 5.41) is 5.31. The van der Waals surface area contributed by atoms with E-state index in [0.29, 0.717) is 31.7 Å². The first-order valence-corrected chi connectivity index (χ1v) is 8.03. The van der Waals surface area contributed by atoms with E-state index in [9.17, 15) is 9.59 Å². The van der Waals surface area contributed by atoms with Crippen molar-refractivity contribution >= 4 is 23.2 Å². The predicted molar refractivity (Wildman–Crippen MR) is 85.8 cm³/mol. The van der Waals surface area contributed by atoms with Gasteiger partial charge in [0.1, 0.15) is 10.7 Å². The van der Waals surface area contributed by atoms with Crippen LogP contribution in [-0.2, 0) is 9.53 Å². The number of hydrogen-bond acceptors (Lipinski definition) is 5. The smallest absolute Gasteiger partial charge is 0.305 e. The maximum Gasteiger partial charge on any atom is 0.305 e. The van der Waals surface area contributed by atoms with Gasteiger partial charge in [-0.3, -0.25) is 9.59 Å². The van der Waals surface area contributed by atoms with Gasteiger partial charge in [-0.25, -0.2) is 4.98 Å². The van der Waals surface area contributed by atoms with Gasteiger partial charge in [-0.2, -0.15) is 0 Å². The van der Waals surface area contributed by atoms with Crippen molar-refractivity contribution in [2.45, 2.75) is 19.8 Å². The number of benzene rings is 1. The molecule has 1 N–H and O–H groups in total. The number of nitrogens with zero attached hydrogens (tertiary/aromatic N) is 1. The number of carbonyl (C=O) groups is 2. The molecular weight excluding hydrogens is 300 g/mol. The highest BCUT2D eigenvalue weighted by molar-refractivity contribution is 7.13. The molecular formula is C16H18N2O3S. The fourth-order valence-electron chi connectivity index (χ4n) is 1.85. The van der Waals surface area contributed by atoms with Crippen molar-refractivity contribution in [3.63, 3.8) is 0 Å². The summed E-state index contributed by atoms with van der Waals surface area (Å²) in [4.78, 5) is 27.5. The van der Waals surface area contributed by atoms with Crippen LogP contribution >= 0.6 is 11.3 Å². The number of carbonyl (C=O) groups excluding carboxylic acids is 2. The molecule has 0 radical (unpaired) electrons. The molecule has 1 aromatic carbocycles. The zero-order valence-corrected chi connectivity index (χ0v) is 13.2. The van der Waals surface area contributed by atoms with Crippen molar-refractivity contribution in [1.29, 1.82) is 0 Å². The summed E-state index contributed by atoms with van der Waals surface area (Å²) in [5.74, 6) is -0.459. The largest absolute Gasteiger partial charge is 0.466 e. The van der Waals surface area contributed by atoms with Gasteiger partial charge in [0, 0.05) is 23.9 Å². The molecule has 0 fully saturated rings. The Labute approximate surface area is 133 Å². The van der Waals surface area contributed by atoms with Gasteiger partial charge in [0.05, 0.1) is 6.61 Å². The Morgan fingerprint density at radius 2 is 2.05 bits per heavy atom. The minimum Gasteiger partial charge on any atom is -0.466 e. The van der Waals surface area contributed by atoms with E-state index in [1.165, 1.54) is 11.3 Å².